The van der Waals surface area contributed by atoms with Gasteiger partial charge in [-0.15, -0.1) is 0 Å². The van der Waals surface area contributed by atoms with Gasteiger partial charge in [-0.3, -0.25) is 9.59 Å². The Morgan fingerprint density at radius 3 is 2.16 bits per heavy atom. The van der Waals surface area contributed by atoms with Crippen LogP contribution in [-0.2, 0) is 47.5 Å². The first-order chi connectivity index (χ1) is 26.8. The van der Waals surface area contributed by atoms with Crippen molar-refractivity contribution in [1.29, 1.82) is 0 Å². The molecule has 3 aliphatic heterocycles. The first-order valence-electron chi connectivity index (χ1n) is 19.9. The largest absolute Gasteiger partial charge is 0.512 e. The minimum absolute atomic E-state index is 0.00660. The predicted molar refractivity (Wildman–Crippen MR) is 210 cm³/mol. The van der Waals surface area contributed by atoms with E-state index in [9.17, 15) is 34.8 Å². The number of nitrogens with zero attached hydrogens (tertiary/aromatic N) is 1. The van der Waals surface area contributed by atoms with Crippen molar-refractivity contribution in [2.24, 2.45) is 23.7 Å². The van der Waals surface area contributed by atoms with Gasteiger partial charge in [0.05, 0.1) is 43.1 Å². The van der Waals surface area contributed by atoms with Crippen LogP contribution in [-0.4, -0.2) is 151 Å². The SMILES string of the molecule is CC[C@H]1OC(=O)/C=C(\O)[C@H](C)[C@@H](O[C@H]2O[C@@H](C)[C@H](O)[C@@H](N(C)C)[C@@H]2O)[C@@H](C/C=C/C(C)=O)C[C@@H](C)C(=O)/C=C/C(C)=C/[C@@H]1CO[C@@H]1O[C@H](C)[C@@H](O)[C@@H](OC)[C@H]1OC. The lowest BCUT2D eigenvalue weighted by atomic mass is 9.81. The number of hydrogen-bond donors (Lipinski definition) is 4. The standard InChI is InChI=1S/C42H67NO14/c1-12-32-29(21-53-42-40(52-11)39(51-10)36(49)27(7)55-42)18-22(2)16-17-30(45)23(3)19-28(15-13-14-24(4)44)38(25(5)31(46)20-33(47)56-32)57-41-37(50)34(43(8)9)35(48)26(6)54-41/h13-14,16-18,20,23,25-29,32,34-42,46,48-50H,12,15,19,21H2,1-11H3/b14-13+,17-16+,22-18+,31-20-/t23-,25+,26+,27-,28+,29-,32-,34-,35+,36-,37+,38-,39-,40-,41-,42-/m1/s1. The zero-order valence-corrected chi connectivity index (χ0v) is 35.3. The fourth-order valence-electron chi connectivity index (χ4n) is 7.83. The molecule has 57 heavy (non-hydrogen) atoms. The van der Waals surface area contributed by atoms with Crippen LogP contribution in [0.15, 0.2) is 47.8 Å². The van der Waals surface area contributed by atoms with E-state index >= 15 is 0 Å². The van der Waals surface area contributed by atoms with Gasteiger partial charge in [-0.2, -0.15) is 0 Å². The van der Waals surface area contributed by atoms with E-state index in [-0.39, 0.29) is 36.8 Å². The monoisotopic (exact) mass is 809 g/mol. The maximum atomic E-state index is 13.7. The van der Waals surface area contributed by atoms with Crippen LogP contribution in [0.25, 0.3) is 0 Å². The number of allylic oxidation sites excluding steroid dienone is 5. The molecular weight excluding hydrogens is 742 g/mol. The molecular formula is C42H67NO14. The molecule has 0 unspecified atom stereocenters. The highest BCUT2D eigenvalue weighted by molar-refractivity contribution is 5.91. The molecule has 3 aliphatic rings. The van der Waals surface area contributed by atoms with Crippen LogP contribution >= 0.6 is 0 Å². The Morgan fingerprint density at radius 2 is 1.56 bits per heavy atom. The van der Waals surface area contributed by atoms with Crippen molar-refractivity contribution in [2.45, 2.75) is 141 Å². The fraction of sp³-hybridized carbons (Fsp3) is 0.738. The Labute approximate surface area is 337 Å². The molecule has 0 bridgehead atoms. The number of likely N-dealkylation sites (N-methyl/N-ethyl adjacent to an activating group) is 1. The lowest BCUT2D eigenvalue weighted by Crippen LogP contribution is -2.63. The normalized spacial score (nSPS) is 41.6. The van der Waals surface area contributed by atoms with Gasteiger partial charge in [-0.1, -0.05) is 44.6 Å². The third-order valence-electron chi connectivity index (χ3n) is 11.2. The summed E-state index contributed by atoms with van der Waals surface area (Å²) in [7, 11) is 6.37. The van der Waals surface area contributed by atoms with Crippen molar-refractivity contribution in [1.82, 2.24) is 4.90 Å². The molecule has 0 spiro atoms. The van der Waals surface area contributed by atoms with Crippen molar-refractivity contribution in [3.05, 3.63) is 47.8 Å². The summed E-state index contributed by atoms with van der Waals surface area (Å²) in [6.45, 7) is 11.9. The van der Waals surface area contributed by atoms with E-state index in [2.05, 4.69) is 0 Å². The fourth-order valence-corrected chi connectivity index (χ4v) is 7.83. The van der Waals surface area contributed by atoms with Crippen molar-refractivity contribution in [3.8, 4) is 0 Å². The molecule has 16 atom stereocenters. The van der Waals surface area contributed by atoms with Gasteiger partial charge in [0.25, 0.3) is 0 Å². The summed E-state index contributed by atoms with van der Waals surface area (Å²) in [5.41, 5.74) is 0.696. The van der Waals surface area contributed by atoms with Crippen LogP contribution in [0, 0.1) is 23.7 Å². The van der Waals surface area contributed by atoms with Crippen molar-refractivity contribution in [3.63, 3.8) is 0 Å². The molecule has 0 aromatic heterocycles. The number of rotatable bonds is 12. The molecule has 15 nitrogen and oxygen atoms in total. The van der Waals surface area contributed by atoms with Gasteiger partial charge < -0.3 is 58.5 Å². The minimum atomic E-state index is -1.31. The summed E-state index contributed by atoms with van der Waals surface area (Å²) in [6, 6.07) is -0.748. The van der Waals surface area contributed by atoms with Gasteiger partial charge in [0.15, 0.2) is 24.1 Å². The highest BCUT2D eigenvalue weighted by atomic mass is 16.7. The second-order valence-corrected chi connectivity index (χ2v) is 15.9. The van der Waals surface area contributed by atoms with Gasteiger partial charge in [0.2, 0.25) is 0 Å². The number of ketones is 2. The van der Waals surface area contributed by atoms with Crippen LogP contribution in [0.5, 0.6) is 0 Å². The second-order valence-electron chi connectivity index (χ2n) is 15.9. The number of carbonyl (C=O) groups excluding carboxylic acids is 3. The third kappa shape index (κ3) is 13.1. The Kier molecular flexibility index (Phi) is 19.2. The molecule has 2 saturated heterocycles. The van der Waals surface area contributed by atoms with Crippen LogP contribution in [0.2, 0.25) is 0 Å². The molecule has 3 heterocycles. The van der Waals surface area contributed by atoms with Gasteiger partial charge in [-0.25, -0.2) is 4.79 Å². The molecule has 0 aromatic rings. The molecule has 4 N–H and O–H groups in total. The minimum Gasteiger partial charge on any atom is -0.512 e. The first-order valence-corrected chi connectivity index (χ1v) is 19.9. The van der Waals surface area contributed by atoms with E-state index in [0.717, 1.165) is 6.08 Å². The molecule has 0 radical (unpaired) electrons. The van der Waals surface area contributed by atoms with E-state index in [0.29, 0.717) is 12.0 Å². The molecule has 0 saturated carbocycles. The molecule has 2 fully saturated rings. The summed E-state index contributed by atoms with van der Waals surface area (Å²) in [4.78, 5) is 40.9. The van der Waals surface area contributed by atoms with Crippen molar-refractivity contribution in [2.75, 3.05) is 34.9 Å². The molecule has 0 aromatic carbocycles. The highest BCUT2D eigenvalue weighted by Crippen LogP contribution is 2.35. The van der Waals surface area contributed by atoms with E-state index in [4.69, 9.17) is 33.2 Å². The summed E-state index contributed by atoms with van der Waals surface area (Å²) >= 11 is 0. The average Bonchev–Trinajstić information content (AvgIpc) is 3.15. The Hall–Kier alpha value is -2.83. The summed E-state index contributed by atoms with van der Waals surface area (Å²) < 4.78 is 41.8. The molecule has 0 amide bonds. The zero-order chi connectivity index (χ0) is 42.7. The Balaban J connectivity index is 2.06. The maximum absolute atomic E-state index is 13.7. The second kappa shape index (κ2) is 22.5. The topological polar surface area (TPSA) is 200 Å². The van der Waals surface area contributed by atoms with Crippen LogP contribution in [0.4, 0.5) is 0 Å². The number of aliphatic hydroxyl groups is 4. The van der Waals surface area contributed by atoms with Crippen LogP contribution in [0.1, 0.15) is 67.7 Å². The van der Waals surface area contributed by atoms with E-state index in [1.807, 2.05) is 19.9 Å². The molecule has 324 valence electrons. The van der Waals surface area contributed by atoms with E-state index in [1.54, 1.807) is 58.8 Å². The van der Waals surface area contributed by atoms with Crippen molar-refractivity contribution < 1.29 is 68.0 Å². The average molecular weight is 810 g/mol. The number of ether oxygens (including phenoxy) is 7. The number of aliphatic hydroxyl groups excluding tert-OH is 4. The Bertz CT molecular complexity index is 1450. The lowest BCUT2D eigenvalue weighted by molar-refractivity contribution is -0.304. The smallest absolute Gasteiger partial charge is 0.334 e. The molecule has 15 heteroatoms. The Morgan fingerprint density at radius 1 is 0.930 bits per heavy atom. The lowest BCUT2D eigenvalue weighted by Gasteiger charge is -2.46. The van der Waals surface area contributed by atoms with Gasteiger partial charge in [0, 0.05) is 32.0 Å². The number of methoxy groups -OCH3 is 2. The first kappa shape index (κ1) is 48.5. The van der Waals surface area contributed by atoms with Crippen LogP contribution < -0.4 is 0 Å². The van der Waals surface area contributed by atoms with Crippen LogP contribution in [0.3, 0.4) is 0 Å². The number of hydrogen-bond acceptors (Lipinski definition) is 15. The van der Waals surface area contributed by atoms with Gasteiger partial charge in [-0.05, 0) is 79.1 Å². The maximum Gasteiger partial charge on any atom is 0.334 e. The highest BCUT2D eigenvalue weighted by Gasteiger charge is 2.47. The molecule has 0 aliphatic carbocycles. The quantitative estimate of drug-likeness (QED) is 0.165. The summed E-state index contributed by atoms with van der Waals surface area (Å²) in [5, 5.41) is 44.5. The van der Waals surface area contributed by atoms with E-state index in [1.165, 1.54) is 33.3 Å². The summed E-state index contributed by atoms with van der Waals surface area (Å²) in [6.07, 6.45) is -0.0793. The number of esters is 1. The number of carbonyl (C=O) groups is 3. The molecule has 3 rings (SSSR count). The van der Waals surface area contributed by atoms with E-state index < -0.39 is 103 Å². The predicted octanol–water partition coefficient (Wildman–Crippen LogP) is 3.20. The third-order valence-corrected chi connectivity index (χ3v) is 11.2. The van der Waals surface area contributed by atoms with Gasteiger partial charge in [0.1, 0.15) is 36.3 Å². The zero-order valence-electron chi connectivity index (χ0n) is 35.3. The summed E-state index contributed by atoms with van der Waals surface area (Å²) in [5.74, 6) is -4.09. The van der Waals surface area contributed by atoms with Crippen molar-refractivity contribution >= 4 is 17.5 Å². The van der Waals surface area contributed by atoms with Gasteiger partial charge >= 0.3 is 5.97 Å². The number of cyclic esters (lactones) is 1.